The van der Waals surface area contributed by atoms with E-state index in [1.54, 1.807) is 48.5 Å². The minimum atomic E-state index is -4.48. The average Bonchev–Trinajstić information content (AvgIpc) is 0.719. The van der Waals surface area contributed by atoms with Crippen LogP contribution in [-0.2, 0) is 38.3 Å². The summed E-state index contributed by atoms with van der Waals surface area (Å²) >= 11 is 0. The number of rotatable bonds is 36. The zero-order valence-electron chi connectivity index (χ0n) is 54.5. The summed E-state index contributed by atoms with van der Waals surface area (Å²) in [4.78, 5) is 10.2. The van der Waals surface area contributed by atoms with Gasteiger partial charge in [-0.2, -0.15) is 0 Å². The molecule has 8 rings (SSSR count). The number of benzene rings is 4. The van der Waals surface area contributed by atoms with Gasteiger partial charge in [-0.25, -0.2) is 8.42 Å². The Labute approximate surface area is 586 Å². The Bertz CT molecular complexity index is 2470. The van der Waals surface area contributed by atoms with Gasteiger partial charge in [0, 0.05) is 28.9 Å². The maximum atomic E-state index is 11.4. The number of aliphatic carboxylic acids is 1. The first-order chi connectivity index (χ1) is 43.0. The summed E-state index contributed by atoms with van der Waals surface area (Å²) in [6.45, 7) is 3.37. The molecule has 91 heavy (non-hydrogen) atoms. The summed E-state index contributed by atoms with van der Waals surface area (Å²) in [6.07, 6.45) is 21.3. The van der Waals surface area contributed by atoms with E-state index in [9.17, 15) is 63.7 Å². The van der Waals surface area contributed by atoms with E-state index in [2.05, 4.69) is 18.0 Å². The number of aliphatic hydroxyl groups is 8. The summed E-state index contributed by atoms with van der Waals surface area (Å²) in [7, 11) is -4.48. The van der Waals surface area contributed by atoms with Crippen LogP contribution in [0.2, 0.25) is 0 Å². The summed E-state index contributed by atoms with van der Waals surface area (Å²) in [5, 5.41) is 93.8. The van der Waals surface area contributed by atoms with Crippen molar-refractivity contribution in [2.75, 3.05) is 19.8 Å². The van der Waals surface area contributed by atoms with Gasteiger partial charge in [0.1, 0.15) is 47.8 Å². The van der Waals surface area contributed by atoms with Gasteiger partial charge < -0.3 is 74.3 Å². The molecule has 2 saturated heterocycles. The van der Waals surface area contributed by atoms with E-state index in [1.807, 2.05) is 72.8 Å². The molecule has 8 N–H and O–H groups in total. The fourth-order valence-corrected chi connectivity index (χ4v) is 12.9. The van der Waals surface area contributed by atoms with Gasteiger partial charge in [-0.15, -0.1) is 0 Å². The van der Waals surface area contributed by atoms with Crippen molar-refractivity contribution in [3.05, 3.63) is 144 Å². The predicted octanol–water partition coefficient (Wildman–Crippen LogP) is 3.81. The van der Waals surface area contributed by atoms with Crippen molar-refractivity contribution in [1.82, 2.24) is 0 Å². The maximum Gasteiger partial charge on any atom is 1.00 e. The molecule has 0 spiro atoms. The molecular weight excluding hydrogens is 1210 g/mol. The molecule has 4 aromatic rings. The van der Waals surface area contributed by atoms with Crippen molar-refractivity contribution >= 4 is 16.4 Å². The first-order valence-corrected chi connectivity index (χ1v) is 34.3. The zero-order valence-corrected chi connectivity index (χ0v) is 59.4. The second-order valence-corrected chi connectivity index (χ2v) is 25.3. The third-order valence-electron chi connectivity index (χ3n) is 17.4. The molecule has 2 heterocycles. The topological polar surface area (TPSA) is 305 Å². The van der Waals surface area contributed by atoms with Crippen LogP contribution < -0.4 is 64.2 Å². The molecule has 2 aliphatic carbocycles. The Morgan fingerprint density at radius 2 is 0.747 bits per heavy atom. The quantitative estimate of drug-likeness (QED) is 0.0139. The van der Waals surface area contributed by atoms with E-state index in [0.29, 0.717) is 17.5 Å². The molecule has 21 heteroatoms. The van der Waals surface area contributed by atoms with Crippen LogP contribution >= 0.6 is 0 Å². The molecule has 0 aromatic heterocycles. The predicted molar refractivity (Wildman–Crippen MR) is 336 cm³/mol. The van der Waals surface area contributed by atoms with Crippen LogP contribution in [0.5, 0.6) is 0 Å². The first kappa shape index (κ1) is 83.0. The van der Waals surface area contributed by atoms with Gasteiger partial charge in [-0.1, -0.05) is 283 Å². The zero-order chi connectivity index (χ0) is 64.5. The molecule has 6 unspecified atom stereocenters. The van der Waals surface area contributed by atoms with Crippen LogP contribution in [0.15, 0.2) is 121 Å². The van der Waals surface area contributed by atoms with Gasteiger partial charge in [-0.05, 0) is 30.4 Å². The molecule has 2 aliphatic heterocycles. The Morgan fingerprint density at radius 1 is 0.473 bits per heavy atom. The van der Waals surface area contributed by atoms with Crippen LogP contribution in [0, 0.1) is 0 Å². The number of carbonyl (C=O) groups excluding carboxylic acids is 1. The molecular formula is C70H104Na2O18S. The SMILES string of the molecule is CCCCCCCCCCCCCCCCCC(=O)[O-].CCCCCCCCCCCCOS(=O)(=O)[O-].OC[C@@H](O)[C@H]1OC(c2ccccc2)O[C@H]2C(O)C(c3ccccc3)[C@]12O.OC[C@@H](O)[C@H]1OC(c2ccccc2)O[C@H]2C(O)C(c3ccccc3)[C@]12O.[Na+].[Na+]. The number of carbonyl (C=O) groups is 1. The fourth-order valence-electron chi connectivity index (χ4n) is 12.6. The van der Waals surface area contributed by atoms with Crippen LogP contribution in [0.3, 0.4) is 0 Å². The van der Waals surface area contributed by atoms with Crippen LogP contribution in [0.25, 0.3) is 0 Å². The van der Waals surface area contributed by atoms with Gasteiger partial charge in [0.15, 0.2) is 12.6 Å². The third kappa shape index (κ3) is 26.3. The summed E-state index contributed by atoms with van der Waals surface area (Å²) in [5.41, 5.74) is -0.429. The molecule has 500 valence electrons. The second-order valence-electron chi connectivity index (χ2n) is 24.2. The Kier molecular flexibility index (Phi) is 41.3. The molecule has 4 aromatic carbocycles. The standard InChI is InChI=1S/2C20H22O6.C18H36O2.C12H26O4S.2Na/c2*21-11-14(22)17-20(24)15(12-7-3-1-4-8-12)16(23)18(20)26-19(25-17)13-9-5-2-6-10-13;1-2-3-4-5-6-7-8-9-10-11-12-13-14-15-16-17-18(19)20;1-2-3-4-5-6-7-8-9-10-11-12-16-17(13,14)15;;/h2*1-10,14-19,21-24H,11H2;2-17H2,1H3,(H,19,20);2-12H2,1H3,(H,13,14,15);;/q;;;;2*+1/p-2/t2*14-,15?,16?,17-,18+,19?,20+;;;;/m11..../s1. The molecule has 4 fully saturated rings. The Balaban J connectivity index is 0.000000320. The number of carboxylic acid groups (broad SMARTS) is 1. The summed E-state index contributed by atoms with van der Waals surface area (Å²) in [5.74, 6) is -2.27. The minimum absolute atomic E-state index is 0. The largest absolute Gasteiger partial charge is 1.00 e. The Hall–Kier alpha value is -2.26. The molecule has 0 amide bonds. The van der Waals surface area contributed by atoms with Crippen molar-refractivity contribution < 1.29 is 146 Å². The van der Waals surface area contributed by atoms with Gasteiger partial charge >= 0.3 is 59.1 Å². The van der Waals surface area contributed by atoms with Gasteiger partial charge in [0.2, 0.25) is 10.4 Å². The van der Waals surface area contributed by atoms with Crippen molar-refractivity contribution in [1.29, 1.82) is 0 Å². The molecule has 0 radical (unpaired) electrons. The van der Waals surface area contributed by atoms with E-state index >= 15 is 0 Å². The molecule has 18 nitrogen and oxygen atoms in total. The number of carboxylic acids is 1. The monoisotopic (exact) mass is 1310 g/mol. The van der Waals surface area contributed by atoms with E-state index in [0.717, 1.165) is 36.8 Å². The number of hydrogen-bond donors (Lipinski definition) is 8. The van der Waals surface area contributed by atoms with Crippen molar-refractivity contribution in [3.8, 4) is 0 Å². The second kappa shape index (κ2) is 45.3. The Morgan fingerprint density at radius 3 is 1.02 bits per heavy atom. The normalized spacial score (nSPS) is 26.0. The molecule has 2 saturated carbocycles. The molecule has 0 bridgehead atoms. The number of unbranched alkanes of at least 4 members (excludes halogenated alkanes) is 23. The van der Waals surface area contributed by atoms with Gasteiger partial charge in [0.05, 0.1) is 32.0 Å². The number of aliphatic hydroxyl groups excluding tert-OH is 6. The third-order valence-corrected chi connectivity index (χ3v) is 17.9. The molecule has 14 atom stereocenters. The van der Waals surface area contributed by atoms with E-state index in [4.69, 9.17) is 18.9 Å². The number of fused-ring (bicyclic) bond motifs is 2. The van der Waals surface area contributed by atoms with E-state index in [-0.39, 0.29) is 72.1 Å². The van der Waals surface area contributed by atoms with E-state index < -0.39 is 114 Å². The number of ether oxygens (including phenoxy) is 4. The van der Waals surface area contributed by atoms with Crippen LogP contribution in [-0.4, -0.2) is 140 Å². The smallest absolute Gasteiger partial charge is 0.726 e. The van der Waals surface area contributed by atoms with Gasteiger partial charge in [-0.3, -0.25) is 4.18 Å². The van der Waals surface area contributed by atoms with Crippen LogP contribution in [0.1, 0.15) is 227 Å². The first-order valence-electron chi connectivity index (χ1n) is 33.0. The molecule has 4 aliphatic rings. The van der Waals surface area contributed by atoms with Crippen LogP contribution in [0.4, 0.5) is 0 Å². The fraction of sp³-hybridized carbons (Fsp3) is 0.643. The number of hydrogen-bond acceptors (Lipinski definition) is 18. The van der Waals surface area contributed by atoms with E-state index in [1.165, 1.54) is 128 Å². The van der Waals surface area contributed by atoms with Crippen molar-refractivity contribution in [2.45, 2.75) is 265 Å². The van der Waals surface area contributed by atoms with Crippen molar-refractivity contribution in [2.24, 2.45) is 0 Å². The summed E-state index contributed by atoms with van der Waals surface area (Å²) < 4.78 is 57.9. The summed E-state index contributed by atoms with van der Waals surface area (Å²) in [6, 6.07) is 36.3. The average molecular weight is 1310 g/mol. The minimum Gasteiger partial charge on any atom is -0.726 e. The van der Waals surface area contributed by atoms with Crippen molar-refractivity contribution in [3.63, 3.8) is 0 Å². The van der Waals surface area contributed by atoms with Gasteiger partial charge in [0.25, 0.3) is 0 Å². The maximum absolute atomic E-state index is 11.4.